The molecule has 3 saturated heterocycles. The van der Waals surface area contributed by atoms with Gasteiger partial charge in [0.1, 0.15) is 42.1 Å². The number of nitrogens with two attached hydrogens (primary N) is 2. The van der Waals surface area contributed by atoms with Crippen molar-refractivity contribution in [2.45, 2.75) is 49.1 Å². The fourth-order valence-electron chi connectivity index (χ4n) is 5.43. The molecule has 242 valence electrons. The van der Waals surface area contributed by atoms with Crippen molar-refractivity contribution in [3.05, 3.63) is 35.3 Å². The highest BCUT2D eigenvalue weighted by molar-refractivity contribution is 7.47. The van der Waals surface area contributed by atoms with Crippen LogP contribution in [-0.2, 0) is 36.7 Å². The molecule has 7 rings (SSSR count). The van der Waals surface area contributed by atoms with Crippen molar-refractivity contribution in [2.75, 3.05) is 24.7 Å². The summed E-state index contributed by atoms with van der Waals surface area (Å²) in [5, 5.41) is 22.2. The fourth-order valence-corrected chi connectivity index (χ4v) is 7.32. The molecule has 10 atom stereocenters. The summed E-state index contributed by atoms with van der Waals surface area (Å²) in [5.74, 6) is -0.183. The summed E-state index contributed by atoms with van der Waals surface area (Å²) in [6.45, 7) is -1.62. The molecule has 0 aromatic carbocycles. The van der Waals surface area contributed by atoms with Gasteiger partial charge in [-0.15, -0.1) is 0 Å². The van der Waals surface area contributed by atoms with Gasteiger partial charge in [0.2, 0.25) is 5.95 Å². The smallest absolute Gasteiger partial charge is 0.387 e. The molecule has 9 N–H and O–H groups in total. The van der Waals surface area contributed by atoms with E-state index >= 15 is 0 Å². The Kier molecular flexibility index (Phi) is 7.32. The van der Waals surface area contributed by atoms with Crippen molar-refractivity contribution in [2.24, 2.45) is 0 Å². The molecule has 4 aromatic rings. The van der Waals surface area contributed by atoms with Gasteiger partial charge < -0.3 is 45.5 Å². The van der Waals surface area contributed by atoms with E-state index in [1.807, 2.05) is 0 Å². The van der Waals surface area contributed by atoms with Gasteiger partial charge in [-0.3, -0.25) is 32.4 Å². The number of pyridine rings is 1. The minimum absolute atomic E-state index is 0.0968. The Morgan fingerprint density at radius 1 is 0.867 bits per heavy atom. The molecular weight excluding hydrogens is 648 g/mol. The van der Waals surface area contributed by atoms with Gasteiger partial charge in [0, 0.05) is 6.20 Å². The zero-order chi connectivity index (χ0) is 31.8. The topological polar surface area (TPSA) is 317 Å². The van der Waals surface area contributed by atoms with Crippen LogP contribution in [0.2, 0.25) is 0 Å². The molecule has 2 unspecified atom stereocenters. The quantitative estimate of drug-likeness (QED) is 0.116. The van der Waals surface area contributed by atoms with Crippen LogP contribution in [0.4, 0.5) is 11.8 Å². The molecule has 3 aliphatic heterocycles. The van der Waals surface area contributed by atoms with E-state index in [0.29, 0.717) is 5.52 Å². The van der Waals surface area contributed by atoms with Gasteiger partial charge in [-0.1, -0.05) is 0 Å². The second-order valence-corrected chi connectivity index (χ2v) is 13.1. The predicted molar refractivity (Wildman–Crippen MR) is 146 cm³/mol. The highest BCUT2D eigenvalue weighted by Crippen LogP contribution is 2.53. The monoisotopic (exact) mass is 673 g/mol. The molecule has 45 heavy (non-hydrogen) atoms. The van der Waals surface area contributed by atoms with E-state index in [1.54, 1.807) is 0 Å². The molecule has 0 radical (unpaired) electrons. The van der Waals surface area contributed by atoms with Gasteiger partial charge >= 0.3 is 15.6 Å². The van der Waals surface area contributed by atoms with Crippen LogP contribution in [0.1, 0.15) is 12.5 Å². The van der Waals surface area contributed by atoms with Crippen LogP contribution in [0.3, 0.4) is 0 Å². The normalized spacial score (nSPS) is 37.7. The van der Waals surface area contributed by atoms with Crippen molar-refractivity contribution in [3.63, 3.8) is 0 Å². The number of aromatic amines is 1. The van der Waals surface area contributed by atoms with Crippen molar-refractivity contribution < 1.29 is 56.7 Å². The van der Waals surface area contributed by atoms with Crippen LogP contribution in [0.5, 0.6) is 0 Å². The Morgan fingerprint density at radius 2 is 1.51 bits per heavy atom. The number of H-pyrrole nitrogens is 1. The average molecular weight is 673 g/mol. The lowest BCUT2D eigenvalue weighted by atomic mass is 10.1. The molecule has 3 aliphatic rings. The molecule has 3 fully saturated rings. The number of rotatable bonds is 2. The number of hydrogen-bond donors (Lipinski definition) is 7. The van der Waals surface area contributed by atoms with Crippen molar-refractivity contribution >= 4 is 49.6 Å². The van der Waals surface area contributed by atoms with E-state index in [9.17, 15) is 33.9 Å². The second kappa shape index (κ2) is 10.9. The number of imidazole rings is 2. The zero-order valence-corrected chi connectivity index (χ0v) is 24.3. The molecule has 7 heterocycles. The van der Waals surface area contributed by atoms with Crippen molar-refractivity contribution in [1.82, 2.24) is 34.1 Å². The first-order valence-electron chi connectivity index (χ1n) is 13.1. The number of aromatic nitrogens is 7. The summed E-state index contributed by atoms with van der Waals surface area (Å²) in [6.07, 6.45) is -8.70. The number of phosphoric ester groups is 2. The number of aliphatic hydroxyl groups is 2. The third kappa shape index (κ3) is 5.33. The Morgan fingerprint density at radius 3 is 2.27 bits per heavy atom. The fraction of sp³-hybridized carbons (Fsp3) is 0.476. The lowest BCUT2D eigenvalue weighted by Gasteiger charge is -2.25. The first kappa shape index (κ1) is 30.3. The van der Waals surface area contributed by atoms with Crippen LogP contribution < -0.4 is 17.0 Å². The summed E-state index contributed by atoms with van der Waals surface area (Å²) in [6, 6.07) is 1.54. The lowest BCUT2D eigenvalue weighted by molar-refractivity contribution is -0.0671. The molecule has 0 saturated carbocycles. The first-order valence-corrected chi connectivity index (χ1v) is 16.1. The van der Waals surface area contributed by atoms with Gasteiger partial charge in [-0.2, -0.15) is 4.98 Å². The number of ether oxygens (including phenoxy) is 2. The van der Waals surface area contributed by atoms with E-state index in [0.717, 1.165) is 10.9 Å². The van der Waals surface area contributed by atoms with Gasteiger partial charge in [-0.25, -0.2) is 24.1 Å². The molecule has 4 aromatic heterocycles. The maximum Gasteiger partial charge on any atom is 0.472 e. The Hall–Kier alpha value is -3.37. The number of fused-ring (bicyclic) bond motifs is 5. The van der Waals surface area contributed by atoms with E-state index in [1.165, 1.54) is 23.2 Å². The number of nitrogen functional groups attached to an aromatic ring is 2. The maximum absolute atomic E-state index is 13.2. The first-order chi connectivity index (χ1) is 21.3. The summed E-state index contributed by atoms with van der Waals surface area (Å²) >= 11 is 0. The van der Waals surface area contributed by atoms with Gasteiger partial charge in [0.25, 0.3) is 5.56 Å². The Balaban J connectivity index is 1.21. The zero-order valence-electron chi connectivity index (χ0n) is 22.5. The summed E-state index contributed by atoms with van der Waals surface area (Å²) < 4.78 is 61.3. The summed E-state index contributed by atoms with van der Waals surface area (Å²) in [7, 11) is -10.2. The number of nitrogens with zero attached hydrogens (tertiary/aromatic N) is 6. The van der Waals surface area contributed by atoms with Crippen LogP contribution >= 0.6 is 15.6 Å². The van der Waals surface area contributed by atoms with Crippen LogP contribution in [0, 0.1) is 0 Å². The van der Waals surface area contributed by atoms with E-state index in [4.69, 9.17) is 39.0 Å². The van der Waals surface area contributed by atoms with E-state index in [2.05, 4.69) is 24.9 Å². The van der Waals surface area contributed by atoms with Gasteiger partial charge in [0.05, 0.1) is 31.4 Å². The molecule has 22 nitrogen and oxygen atoms in total. The highest BCUT2D eigenvalue weighted by Gasteiger charge is 2.53. The average Bonchev–Trinajstić information content (AvgIpc) is 3.72. The number of hydrogen-bond acceptors (Lipinski definition) is 17. The van der Waals surface area contributed by atoms with Gasteiger partial charge in [0.15, 0.2) is 29.4 Å². The summed E-state index contributed by atoms with van der Waals surface area (Å²) in [5.41, 5.74) is 11.2. The predicted octanol–water partition coefficient (Wildman–Crippen LogP) is -1.74. The molecule has 24 heteroatoms. The molecule has 0 amide bonds. The third-order valence-corrected chi connectivity index (χ3v) is 9.43. The van der Waals surface area contributed by atoms with Crippen LogP contribution in [-0.4, -0.2) is 104 Å². The van der Waals surface area contributed by atoms with E-state index < -0.39 is 83.5 Å². The van der Waals surface area contributed by atoms with Crippen LogP contribution in [0.25, 0.3) is 22.2 Å². The number of nitrogens with one attached hydrogen (secondary N) is 1. The molecule has 2 bridgehead atoms. The summed E-state index contributed by atoms with van der Waals surface area (Å²) in [4.78, 5) is 51.9. The minimum atomic E-state index is -5.10. The van der Waals surface area contributed by atoms with Crippen molar-refractivity contribution in [1.29, 1.82) is 0 Å². The number of aliphatic hydroxyl groups excluding tert-OH is 2. The third-order valence-electron chi connectivity index (χ3n) is 7.46. The molecule has 0 aliphatic carbocycles. The lowest BCUT2D eigenvalue weighted by Crippen LogP contribution is -2.36. The Bertz CT molecular complexity index is 1930. The standard InChI is InChI=1S/C21H25N9O13P2/c22-16-10-7(1-2-24-16)29(5-25-10)19-13(32)14-9(41-19)4-39-45(36,37)43-15-12(31)8(3-38-44(34,35)42-14)40-20(15)30-6-26-11-17(30)27-21(23)28-18(11)33/h1-2,5-6,8-9,12-15,19-20,31-32H,3-4H2,(H2,22,24)(H,34,35)(H,36,37)(H3,23,27,28,33)/t8-,9-,12-,13-,14-,15-,19-,20-/m1/s1. The second-order valence-electron chi connectivity index (χ2n) is 10.3. The minimum Gasteiger partial charge on any atom is -0.387 e. The maximum atomic E-state index is 13.2. The molecule has 0 spiro atoms. The Labute approximate surface area is 249 Å². The van der Waals surface area contributed by atoms with E-state index in [-0.39, 0.29) is 28.4 Å². The largest absolute Gasteiger partial charge is 0.472 e. The highest BCUT2D eigenvalue weighted by atomic mass is 31.2. The SMILES string of the molecule is Nc1nc2c(ncn2[C@@H]2O[C@@H]3COP(=O)(O)O[C@H]4[C@@H](O)[C@H](n5cnc6c(N)nccc65)O[C@@H]4COP(=O)(O)O[C@@H]2[C@@H]3O)c(=O)[nH]1. The number of anilines is 2. The number of phosphoric acid groups is 2. The molecular formula is C21H25N9O13P2. The van der Waals surface area contributed by atoms with Crippen molar-refractivity contribution in [3.8, 4) is 0 Å². The van der Waals surface area contributed by atoms with Gasteiger partial charge in [-0.05, 0) is 6.07 Å². The van der Waals surface area contributed by atoms with Crippen LogP contribution in [0.15, 0.2) is 29.7 Å².